The summed E-state index contributed by atoms with van der Waals surface area (Å²) in [5, 5.41) is 14.3. The maximum Gasteiger partial charge on any atom is 0.142 e. The van der Waals surface area contributed by atoms with Gasteiger partial charge in [0.25, 0.3) is 0 Å². The SMILES string of the molecule is CNC(C(O)Cc1cc(F)cc(F)c1)N1CCOc2ccc(Cl)cc21. The summed E-state index contributed by atoms with van der Waals surface area (Å²) in [6, 6.07) is 8.56. The van der Waals surface area contributed by atoms with Crippen LogP contribution in [0.2, 0.25) is 5.02 Å². The molecule has 1 heterocycles. The van der Waals surface area contributed by atoms with Gasteiger partial charge >= 0.3 is 0 Å². The van der Waals surface area contributed by atoms with Crippen molar-refractivity contribution in [2.45, 2.75) is 18.7 Å². The molecule has 2 unspecified atom stereocenters. The Morgan fingerprint density at radius 2 is 1.96 bits per heavy atom. The van der Waals surface area contributed by atoms with E-state index in [1.54, 1.807) is 25.2 Å². The minimum atomic E-state index is -0.892. The van der Waals surface area contributed by atoms with Crippen LogP contribution in [0.4, 0.5) is 14.5 Å². The molecular weight excluding hydrogens is 350 g/mol. The molecule has 0 aromatic heterocycles. The number of rotatable bonds is 5. The second-order valence-electron chi connectivity index (χ2n) is 5.94. The maximum absolute atomic E-state index is 13.4. The molecule has 4 nitrogen and oxygen atoms in total. The molecule has 0 spiro atoms. The normalized spacial score (nSPS) is 16.1. The minimum absolute atomic E-state index is 0.105. The van der Waals surface area contributed by atoms with E-state index >= 15 is 0 Å². The van der Waals surface area contributed by atoms with Gasteiger partial charge < -0.3 is 14.7 Å². The highest BCUT2D eigenvalue weighted by molar-refractivity contribution is 6.31. The van der Waals surface area contributed by atoms with Gasteiger partial charge in [0.05, 0.1) is 18.3 Å². The summed E-state index contributed by atoms with van der Waals surface area (Å²) in [6.45, 7) is 1.02. The lowest BCUT2D eigenvalue weighted by atomic mass is 10.0. The van der Waals surface area contributed by atoms with Crippen molar-refractivity contribution in [2.75, 3.05) is 25.1 Å². The summed E-state index contributed by atoms with van der Waals surface area (Å²) >= 11 is 6.09. The van der Waals surface area contributed by atoms with Gasteiger partial charge in [-0.15, -0.1) is 0 Å². The van der Waals surface area contributed by atoms with Gasteiger partial charge in [-0.2, -0.15) is 0 Å². The van der Waals surface area contributed by atoms with Crippen molar-refractivity contribution < 1.29 is 18.6 Å². The van der Waals surface area contributed by atoms with E-state index in [0.717, 1.165) is 11.8 Å². The van der Waals surface area contributed by atoms with Crippen molar-refractivity contribution in [3.8, 4) is 5.75 Å². The third kappa shape index (κ3) is 4.03. The van der Waals surface area contributed by atoms with Crippen LogP contribution in [0.1, 0.15) is 5.56 Å². The predicted molar refractivity (Wildman–Crippen MR) is 93.2 cm³/mol. The van der Waals surface area contributed by atoms with Crippen LogP contribution in [0, 0.1) is 11.6 Å². The first kappa shape index (κ1) is 17.9. The Labute approximate surface area is 150 Å². The molecule has 0 saturated heterocycles. The van der Waals surface area contributed by atoms with Crippen LogP contribution >= 0.6 is 11.6 Å². The second kappa shape index (κ2) is 7.56. The molecule has 25 heavy (non-hydrogen) atoms. The minimum Gasteiger partial charge on any atom is -0.490 e. The fourth-order valence-corrected chi connectivity index (χ4v) is 3.30. The molecule has 134 valence electrons. The number of hydrogen-bond donors (Lipinski definition) is 2. The molecule has 1 aliphatic heterocycles. The molecule has 0 bridgehead atoms. The van der Waals surface area contributed by atoms with Crippen LogP contribution in [-0.2, 0) is 6.42 Å². The van der Waals surface area contributed by atoms with E-state index < -0.39 is 23.9 Å². The summed E-state index contributed by atoms with van der Waals surface area (Å²) in [5.74, 6) is -0.640. The number of hydrogen-bond acceptors (Lipinski definition) is 4. The molecule has 0 aliphatic carbocycles. The first-order chi connectivity index (χ1) is 12.0. The largest absolute Gasteiger partial charge is 0.490 e. The molecule has 2 aromatic rings. The van der Waals surface area contributed by atoms with Crippen LogP contribution in [0.15, 0.2) is 36.4 Å². The molecule has 0 saturated carbocycles. The Hall–Kier alpha value is -1.89. The first-order valence-corrected chi connectivity index (χ1v) is 8.35. The Balaban J connectivity index is 1.84. The Kier molecular flexibility index (Phi) is 5.42. The summed E-state index contributed by atoms with van der Waals surface area (Å²) in [5.41, 5.74) is 1.16. The lowest BCUT2D eigenvalue weighted by Crippen LogP contribution is -2.55. The monoisotopic (exact) mass is 368 g/mol. The van der Waals surface area contributed by atoms with Gasteiger partial charge in [0.15, 0.2) is 0 Å². The number of nitrogens with one attached hydrogen (secondary N) is 1. The fourth-order valence-electron chi connectivity index (χ4n) is 3.14. The quantitative estimate of drug-likeness (QED) is 0.851. The molecular formula is C18H19ClF2N2O2. The van der Waals surface area contributed by atoms with Crippen molar-refractivity contribution in [1.29, 1.82) is 0 Å². The van der Waals surface area contributed by atoms with Crippen LogP contribution < -0.4 is 15.0 Å². The van der Waals surface area contributed by atoms with Gasteiger partial charge in [0.1, 0.15) is 30.2 Å². The Morgan fingerprint density at radius 3 is 2.64 bits per heavy atom. The fraction of sp³-hybridized carbons (Fsp3) is 0.333. The zero-order valence-electron chi connectivity index (χ0n) is 13.7. The van der Waals surface area contributed by atoms with Crippen molar-refractivity contribution in [3.05, 3.63) is 58.6 Å². The average Bonchev–Trinajstić information content (AvgIpc) is 2.55. The van der Waals surface area contributed by atoms with Crippen molar-refractivity contribution in [3.63, 3.8) is 0 Å². The number of likely N-dealkylation sites (N-methyl/N-ethyl adjacent to an activating group) is 1. The Bertz CT molecular complexity index is 740. The first-order valence-electron chi connectivity index (χ1n) is 7.97. The van der Waals surface area contributed by atoms with Gasteiger partial charge in [-0.05, 0) is 42.9 Å². The molecule has 0 fully saturated rings. The number of aliphatic hydroxyl groups excluding tert-OH is 1. The number of halogens is 3. The second-order valence-corrected chi connectivity index (χ2v) is 6.37. The third-order valence-electron chi connectivity index (χ3n) is 4.18. The third-order valence-corrected chi connectivity index (χ3v) is 4.42. The number of aliphatic hydroxyl groups is 1. The summed E-state index contributed by atoms with van der Waals surface area (Å²) in [7, 11) is 1.72. The zero-order chi connectivity index (χ0) is 18.0. The summed E-state index contributed by atoms with van der Waals surface area (Å²) in [6.07, 6.45) is -1.25. The van der Waals surface area contributed by atoms with E-state index in [2.05, 4.69) is 5.32 Å². The topological polar surface area (TPSA) is 44.7 Å². The van der Waals surface area contributed by atoms with E-state index in [1.807, 2.05) is 4.90 Å². The molecule has 7 heteroatoms. The van der Waals surface area contributed by atoms with Gasteiger partial charge in [0, 0.05) is 17.5 Å². The van der Waals surface area contributed by atoms with E-state index in [4.69, 9.17) is 16.3 Å². The maximum atomic E-state index is 13.4. The van der Waals surface area contributed by atoms with Gasteiger partial charge in [0.2, 0.25) is 0 Å². The molecule has 2 atom stereocenters. The smallest absolute Gasteiger partial charge is 0.142 e. The molecule has 0 amide bonds. The van der Waals surface area contributed by atoms with E-state index in [9.17, 15) is 13.9 Å². The van der Waals surface area contributed by atoms with E-state index in [-0.39, 0.29) is 6.42 Å². The van der Waals surface area contributed by atoms with Gasteiger partial charge in [-0.25, -0.2) is 8.78 Å². The highest BCUT2D eigenvalue weighted by atomic mass is 35.5. The van der Waals surface area contributed by atoms with Crippen molar-refractivity contribution in [1.82, 2.24) is 5.32 Å². The number of nitrogens with zero attached hydrogens (tertiary/aromatic N) is 1. The lowest BCUT2D eigenvalue weighted by Gasteiger charge is -2.39. The summed E-state index contributed by atoms with van der Waals surface area (Å²) < 4.78 is 32.4. The molecule has 1 aliphatic rings. The van der Waals surface area contributed by atoms with E-state index in [1.165, 1.54) is 12.1 Å². The van der Waals surface area contributed by atoms with E-state index in [0.29, 0.717) is 29.5 Å². The molecule has 2 aromatic carbocycles. The number of ether oxygens (including phenoxy) is 1. The standard InChI is InChI=1S/C18H19ClF2N2O2/c1-22-18(16(24)8-11-6-13(20)10-14(21)7-11)23-4-5-25-17-3-2-12(19)9-15(17)23/h2-3,6-7,9-10,16,18,22,24H,4-5,8H2,1H3. The number of anilines is 1. The zero-order valence-corrected chi connectivity index (χ0v) is 14.4. The van der Waals surface area contributed by atoms with Crippen LogP contribution in [0.5, 0.6) is 5.75 Å². The number of fused-ring (bicyclic) bond motifs is 1. The highest BCUT2D eigenvalue weighted by Crippen LogP contribution is 2.35. The molecule has 2 N–H and O–H groups in total. The lowest BCUT2D eigenvalue weighted by molar-refractivity contribution is 0.123. The van der Waals surface area contributed by atoms with Crippen LogP contribution in [-0.4, -0.2) is 37.6 Å². The number of benzene rings is 2. The Morgan fingerprint density at radius 1 is 1.24 bits per heavy atom. The highest BCUT2D eigenvalue weighted by Gasteiger charge is 2.29. The van der Waals surface area contributed by atoms with Crippen LogP contribution in [0.3, 0.4) is 0 Å². The average molecular weight is 369 g/mol. The molecule has 0 radical (unpaired) electrons. The van der Waals surface area contributed by atoms with Crippen molar-refractivity contribution >= 4 is 17.3 Å². The van der Waals surface area contributed by atoms with Gasteiger partial charge in [-0.3, -0.25) is 5.32 Å². The van der Waals surface area contributed by atoms with Gasteiger partial charge in [-0.1, -0.05) is 11.6 Å². The van der Waals surface area contributed by atoms with Crippen molar-refractivity contribution in [2.24, 2.45) is 0 Å². The van der Waals surface area contributed by atoms with Crippen LogP contribution in [0.25, 0.3) is 0 Å². The predicted octanol–water partition coefficient (Wildman–Crippen LogP) is 2.97. The molecule has 3 rings (SSSR count). The summed E-state index contributed by atoms with van der Waals surface area (Å²) in [4.78, 5) is 1.95.